The molecule has 3 N–H and O–H groups in total. The van der Waals surface area contributed by atoms with Gasteiger partial charge < -0.3 is 11.1 Å². The van der Waals surface area contributed by atoms with Gasteiger partial charge in [0, 0.05) is 24.4 Å². The first-order valence-electron chi connectivity index (χ1n) is 8.78. The van der Waals surface area contributed by atoms with E-state index in [9.17, 15) is 18.4 Å². The Morgan fingerprint density at radius 2 is 2.00 bits per heavy atom. The fraction of sp³-hybridized carbons (Fsp3) is 0.350. The number of rotatable bonds is 6. The number of aromatic nitrogens is 2. The minimum atomic E-state index is -4.56. The third-order valence-corrected chi connectivity index (χ3v) is 4.15. The minimum Gasteiger partial charge on any atom is -0.396 e. The lowest BCUT2D eigenvalue weighted by Gasteiger charge is -2.13. The molecule has 0 bridgehead atoms. The first kappa shape index (κ1) is 21.2. The average Bonchev–Trinajstić information content (AvgIpc) is 2.66. The van der Waals surface area contributed by atoms with Crippen molar-refractivity contribution >= 4 is 5.70 Å². The molecule has 2 aromatic rings. The number of benzene rings is 1. The second kappa shape index (κ2) is 8.74. The van der Waals surface area contributed by atoms with Crippen LogP contribution in [0.2, 0.25) is 0 Å². The molecule has 0 aliphatic rings. The monoisotopic (exact) mass is 389 g/mol. The number of aryl methyl sites for hydroxylation is 1. The van der Waals surface area contributed by atoms with Crippen LogP contribution in [0, 0.1) is 17.2 Å². The third-order valence-electron chi connectivity index (χ3n) is 4.15. The van der Waals surface area contributed by atoms with E-state index < -0.39 is 11.9 Å². The first-order valence-corrected chi connectivity index (χ1v) is 8.78. The Bertz CT molecular complexity index is 911. The topological polar surface area (TPSA) is 87.6 Å². The van der Waals surface area contributed by atoms with Gasteiger partial charge in [0.15, 0.2) is 5.82 Å². The van der Waals surface area contributed by atoms with Gasteiger partial charge in [-0.2, -0.15) is 18.4 Å². The van der Waals surface area contributed by atoms with Gasteiger partial charge in [0.1, 0.15) is 17.5 Å². The molecule has 0 amide bonds. The predicted octanol–water partition coefficient (Wildman–Crippen LogP) is 4.12. The molecule has 1 heterocycles. The molecular formula is C20H22F3N5. The summed E-state index contributed by atoms with van der Waals surface area (Å²) in [5.74, 6) is 0.412. The van der Waals surface area contributed by atoms with Crippen LogP contribution in [0.3, 0.4) is 0 Å². The fourth-order valence-corrected chi connectivity index (χ4v) is 2.63. The molecule has 8 heteroatoms. The van der Waals surface area contributed by atoms with Gasteiger partial charge in [0.25, 0.3) is 0 Å². The zero-order valence-corrected chi connectivity index (χ0v) is 15.9. The van der Waals surface area contributed by atoms with Crippen LogP contribution in [0.4, 0.5) is 13.2 Å². The summed E-state index contributed by atoms with van der Waals surface area (Å²) in [5.41, 5.74) is 7.32. The highest BCUT2D eigenvalue weighted by Gasteiger charge is 2.32. The van der Waals surface area contributed by atoms with Crippen LogP contribution in [-0.4, -0.2) is 17.0 Å². The van der Waals surface area contributed by atoms with E-state index in [2.05, 4.69) is 29.1 Å². The van der Waals surface area contributed by atoms with Gasteiger partial charge in [0.2, 0.25) is 0 Å². The summed E-state index contributed by atoms with van der Waals surface area (Å²) in [6.45, 7) is 4.17. The molecule has 148 valence electrons. The Labute approximate surface area is 162 Å². The van der Waals surface area contributed by atoms with Crippen molar-refractivity contribution in [2.24, 2.45) is 11.7 Å². The zero-order valence-electron chi connectivity index (χ0n) is 15.9. The van der Waals surface area contributed by atoms with Crippen molar-refractivity contribution in [1.29, 1.82) is 5.26 Å². The Hall–Kier alpha value is -3.08. The summed E-state index contributed by atoms with van der Waals surface area (Å²) in [6, 6.07) is 8.00. The van der Waals surface area contributed by atoms with E-state index in [0.717, 1.165) is 24.2 Å². The van der Waals surface area contributed by atoms with Gasteiger partial charge in [-0.25, -0.2) is 9.97 Å². The number of hydrogen-bond acceptors (Lipinski definition) is 5. The standard InChI is InChI=1S/C20H22F3N5/c1-12(2)4-5-13-8-14(18(25)16(11-24)26-3)10-15(9-13)19-27-7-6-17(28-19)20(21,22)23/h6-10,12,26H,4-5,25H2,1-3H3/b18-16-. The molecular weight excluding hydrogens is 367 g/mol. The van der Waals surface area contributed by atoms with E-state index in [-0.39, 0.29) is 17.2 Å². The Morgan fingerprint density at radius 1 is 1.29 bits per heavy atom. The largest absolute Gasteiger partial charge is 0.433 e. The molecule has 0 saturated carbocycles. The van der Waals surface area contributed by atoms with Crippen LogP contribution in [0.1, 0.15) is 37.1 Å². The SMILES string of the molecule is CN/C(C#N)=C(\N)c1cc(CCC(C)C)cc(-c2nccc(C(F)(F)F)n2)c1. The van der Waals surface area contributed by atoms with Crippen molar-refractivity contribution in [3.05, 3.63) is 53.0 Å². The van der Waals surface area contributed by atoms with E-state index in [4.69, 9.17) is 5.73 Å². The van der Waals surface area contributed by atoms with Crippen molar-refractivity contribution in [2.45, 2.75) is 32.9 Å². The number of nitrogens with one attached hydrogen (secondary N) is 1. The molecule has 0 aliphatic carbocycles. The molecule has 0 spiro atoms. The summed E-state index contributed by atoms with van der Waals surface area (Å²) in [6.07, 6.45) is -1.87. The second-order valence-corrected chi connectivity index (χ2v) is 6.76. The van der Waals surface area contributed by atoms with Crippen molar-refractivity contribution in [3.8, 4) is 17.5 Å². The highest BCUT2D eigenvalue weighted by Crippen LogP contribution is 2.30. The smallest absolute Gasteiger partial charge is 0.396 e. The van der Waals surface area contributed by atoms with E-state index in [1.807, 2.05) is 12.1 Å². The molecule has 2 rings (SSSR count). The molecule has 28 heavy (non-hydrogen) atoms. The molecule has 0 fully saturated rings. The lowest BCUT2D eigenvalue weighted by atomic mass is 9.97. The molecule has 1 aromatic carbocycles. The van der Waals surface area contributed by atoms with Gasteiger partial charge in [-0.1, -0.05) is 13.8 Å². The molecule has 0 unspecified atom stereocenters. The summed E-state index contributed by atoms with van der Waals surface area (Å²) in [4.78, 5) is 7.66. The lowest BCUT2D eigenvalue weighted by Crippen LogP contribution is -2.12. The van der Waals surface area contributed by atoms with Crippen LogP contribution in [-0.2, 0) is 12.6 Å². The number of halogens is 3. The van der Waals surface area contributed by atoms with Crippen LogP contribution in [0.25, 0.3) is 17.1 Å². The number of nitrogens with two attached hydrogens (primary N) is 1. The summed E-state index contributed by atoms with van der Waals surface area (Å²) in [5, 5.41) is 11.9. The van der Waals surface area contributed by atoms with Crippen LogP contribution in [0.15, 0.2) is 36.2 Å². The number of alkyl halides is 3. The van der Waals surface area contributed by atoms with Gasteiger partial charge in [0.05, 0.1) is 5.70 Å². The van der Waals surface area contributed by atoms with Crippen molar-refractivity contribution in [2.75, 3.05) is 7.05 Å². The van der Waals surface area contributed by atoms with Gasteiger partial charge >= 0.3 is 6.18 Å². The van der Waals surface area contributed by atoms with Crippen molar-refractivity contribution < 1.29 is 13.2 Å². The van der Waals surface area contributed by atoms with Crippen molar-refractivity contribution in [3.63, 3.8) is 0 Å². The van der Waals surface area contributed by atoms with E-state index in [1.54, 1.807) is 19.2 Å². The maximum atomic E-state index is 13.0. The summed E-state index contributed by atoms with van der Waals surface area (Å²) in [7, 11) is 1.57. The second-order valence-electron chi connectivity index (χ2n) is 6.76. The molecule has 0 atom stereocenters. The number of nitrogens with zero attached hydrogens (tertiary/aromatic N) is 3. The predicted molar refractivity (Wildman–Crippen MR) is 101 cm³/mol. The van der Waals surface area contributed by atoms with Gasteiger partial charge in [-0.3, -0.25) is 0 Å². The normalized spacial score (nSPS) is 12.5. The Morgan fingerprint density at radius 3 is 2.57 bits per heavy atom. The first-order chi connectivity index (χ1) is 13.2. The Balaban J connectivity index is 2.61. The van der Waals surface area contributed by atoms with Gasteiger partial charge in [-0.05, 0) is 48.6 Å². The number of hydrogen-bond donors (Lipinski definition) is 2. The lowest BCUT2D eigenvalue weighted by molar-refractivity contribution is -0.141. The highest BCUT2D eigenvalue weighted by atomic mass is 19.4. The fourth-order valence-electron chi connectivity index (χ4n) is 2.63. The number of allylic oxidation sites excluding steroid dienone is 1. The summed E-state index contributed by atoms with van der Waals surface area (Å²) >= 11 is 0. The number of nitriles is 1. The van der Waals surface area contributed by atoms with Crippen LogP contribution >= 0.6 is 0 Å². The van der Waals surface area contributed by atoms with E-state index >= 15 is 0 Å². The Kier molecular flexibility index (Phi) is 6.62. The average molecular weight is 389 g/mol. The molecule has 0 radical (unpaired) electrons. The third kappa shape index (κ3) is 5.22. The van der Waals surface area contributed by atoms with E-state index in [1.165, 1.54) is 0 Å². The molecule has 5 nitrogen and oxygen atoms in total. The van der Waals surface area contributed by atoms with Crippen LogP contribution in [0.5, 0.6) is 0 Å². The molecule has 0 saturated heterocycles. The van der Waals surface area contributed by atoms with E-state index in [0.29, 0.717) is 23.5 Å². The maximum Gasteiger partial charge on any atom is 0.433 e. The van der Waals surface area contributed by atoms with Crippen LogP contribution < -0.4 is 11.1 Å². The molecule has 1 aromatic heterocycles. The maximum absolute atomic E-state index is 13.0. The zero-order chi connectivity index (χ0) is 20.9. The quantitative estimate of drug-likeness (QED) is 0.726. The minimum absolute atomic E-state index is 0.0433. The summed E-state index contributed by atoms with van der Waals surface area (Å²) < 4.78 is 39.0. The highest BCUT2D eigenvalue weighted by molar-refractivity contribution is 5.73. The molecule has 0 aliphatic heterocycles. The van der Waals surface area contributed by atoms with Crippen molar-refractivity contribution in [1.82, 2.24) is 15.3 Å². The van der Waals surface area contributed by atoms with Gasteiger partial charge in [-0.15, -0.1) is 0 Å².